The lowest BCUT2D eigenvalue weighted by Crippen LogP contribution is -2.29. The van der Waals surface area contributed by atoms with Gasteiger partial charge in [0.2, 0.25) is 5.91 Å². The molecule has 0 fully saturated rings. The number of imidazole rings is 1. The molecule has 7 heteroatoms. The second-order valence-electron chi connectivity index (χ2n) is 6.70. The van der Waals surface area contributed by atoms with Crippen molar-refractivity contribution in [3.63, 3.8) is 0 Å². The SMILES string of the molecule is Cc1ccc(OCCNC(=O)Cc2csc3nc(-c4ccc(F)cc4)cn23)cc1. The zero-order chi connectivity index (χ0) is 20.2. The highest BCUT2D eigenvalue weighted by Crippen LogP contribution is 2.24. The van der Waals surface area contributed by atoms with Gasteiger partial charge < -0.3 is 10.1 Å². The number of carbonyl (C=O) groups excluding carboxylic acids is 1. The summed E-state index contributed by atoms with van der Waals surface area (Å²) >= 11 is 1.47. The third-order valence-corrected chi connectivity index (χ3v) is 5.37. The number of nitrogens with zero attached hydrogens (tertiary/aromatic N) is 2. The molecule has 0 spiro atoms. The van der Waals surface area contributed by atoms with Crippen LogP contribution in [0.2, 0.25) is 0 Å². The highest BCUT2D eigenvalue weighted by atomic mass is 32.1. The first-order valence-electron chi connectivity index (χ1n) is 9.26. The Morgan fingerprint density at radius 3 is 2.69 bits per heavy atom. The molecule has 29 heavy (non-hydrogen) atoms. The van der Waals surface area contributed by atoms with Crippen LogP contribution >= 0.6 is 11.3 Å². The van der Waals surface area contributed by atoms with E-state index in [4.69, 9.17) is 4.74 Å². The average Bonchev–Trinajstić information content (AvgIpc) is 3.29. The van der Waals surface area contributed by atoms with Crippen LogP contribution in [0, 0.1) is 12.7 Å². The average molecular weight is 409 g/mol. The van der Waals surface area contributed by atoms with E-state index in [2.05, 4.69) is 10.3 Å². The summed E-state index contributed by atoms with van der Waals surface area (Å²) in [6.45, 7) is 2.87. The van der Waals surface area contributed by atoms with Crippen LogP contribution in [-0.4, -0.2) is 28.4 Å². The number of rotatable bonds is 7. The van der Waals surface area contributed by atoms with Crippen LogP contribution in [0.15, 0.2) is 60.1 Å². The summed E-state index contributed by atoms with van der Waals surface area (Å²) in [6.07, 6.45) is 2.13. The van der Waals surface area contributed by atoms with Gasteiger partial charge in [-0.3, -0.25) is 9.20 Å². The molecule has 5 nitrogen and oxygen atoms in total. The van der Waals surface area contributed by atoms with E-state index in [1.807, 2.05) is 47.2 Å². The monoisotopic (exact) mass is 409 g/mol. The molecular formula is C22H20FN3O2S. The van der Waals surface area contributed by atoms with Crippen molar-refractivity contribution < 1.29 is 13.9 Å². The highest BCUT2D eigenvalue weighted by molar-refractivity contribution is 7.15. The molecule has 0 unspecified atom stereocenters. The standard InChI is InChI=1S/C22H20FN3O2S/c1-15-2-8-19(9-3-15)28-11-10-24-21(27)12-18-14-29-22-25-20(13-26(18)22)16-4-6-17(23)7-5-16/h2-9,13-14H,10-12H2,1H3,(H,24,27). The van der Waals surface area contributed by atoms with Crippen LogP contribution in [0.25, 0.3) is 16.2 Å². The molecule has 0 aliphatic rings. The smallest absolute Gasteiger partial charge is 0.226 e. The minimum Gasteiger partial charge on any atom is -0.492 e. The number of aryl methyl sites for hydroxylation is 1. The fourth-order valence-electron chi connectivity index (χ4n) is 2.94. The van der Waals surface area contributed by atoms with Gasteiger partial charge >= 0.3 is 0 Å². The van der Waals surface area contributed by atoms with Crippen LogP contribution in [0.4, 0.5) is 4.39 Å². The Morgan fingerprint density at radius 1 is 1.17 bits per heavy atom. The third-order valence-electron chi connectivity index (χ3n) is 4.48. The van der Waals surface area contributed by atoms with Crippen LogP contribution in [-0.2, 0) is 11.2 Å². The van der Waals surface area contributed by atoms with Gasteiger partial charge in [-0.1, -0.05) is 17.7 Å². The van der Waals surface area contributed by atoms with Crippen molar-refractivity contribution >= 4 is 22.2 Å². The number of benzene rings is 2. The maximum Gasteiger partial charge on any atom is 0.226 e. The number of carbonyl (C=O) groups is 1. The summed E-state index contributed by atoms with van der Waals surface area (Å²) in [6, 6.07) is 14.0. The molecule has 0 aliphatic carbocycles. The van der Waals surface area contributed by atoms with Crippen molar-refractivity contribution in [2.75, 3.05) is 13.2 Å². The Labute approximate surface area is 171 Å². The Morgan fingerprint density at radius 2 is 1.93 bits per heavy atom. The summed E-state index contributed by atoms with van der Waals surface area (Å²) < 4.78 is 20.6. The summed E-state index contributed by atoms with van der Waals surface area (Å²) in [5, 5.41) is 4.81. The van der Waals surface area contributed by atoms with E-state index in [1.54, 1.807) is 12.1 Å². The summed E-state index contributed by atoms with van der Waals surface area (Å²) in [7, 11) is 0. The number of halogens is 1. The van der Waals surface area contributed by atoms with Gasteiger partial charge in [-0.15, -0.1) is 11.3 Å². The maximum atomic E-state index is 13.1. The lowest BCUT2D eigenvalue weighted by Gasteiger charge is -2.08. The normalized spacial score (nSPS) is 11.0. The molecule has 0 saturated carbocycles. The second-order valence-corrected chi connectivity index (χ2v) is 7.54. The fourth-order valence-corrected chi connectivity index (χ4v) is 3.81. The van der Waals surface area contributed by atoms with Gasteiger partial charge in [0.15, 0.2) is 4.96 Å². The van der Waals surface area contributed by atoms with Crippen molar-refractivity contribution in [1.29, 1.82) is 0 Å². The van der Waals surface area contributed by atoms with E-state index >= 15 is 0 Å². The molecule has 0 saturated heterocycles. The first kappa shape index (κ1) is 19.1. The molecule has 1 N–H and O–H groups in total. The largest absolute Gasteiger partial charge is 0.492 e. The number of nitrogens with one attached hydrogen (secondary N) is 1. The van der Waals surface area contributed by atoms with Crippen molar-refractivity contribution in [1.82, 2.24) is 14.7 Å². The van der Waals surface area contributed by atoms with Crippen molar-refractivity contribution in [3.8, 4) is 17.0 Å². The number of ether oxygens (including phenoxy) is 1. The van der Waals surface area contributed by atoms with Gasteiger partial charge in [0.1, 0.15) is 18.2 Å². The summed E-state index contributed by atoms with van der Waals surface area (Å²) in [5.41, 5.74) is 3.63. The van der Waals surface area contributed by atoms with Gasteiger partial charge in [0.25, 0.3) is 0 Å². The topological polar surface area (TPSA) is 55.6 Å². The molecule has 0 radical (unpaired) electrons. The van der Waals surface area contributed by atoms with Crippen LogP contribution in [0.5, 0.6) is 5.75 Å². The molecular weight excluding hydrogens is 389 g/mol. The Kier molecular flexibility index (Phi) is 5.57. The lowest BCUT2D eigenvalue weighted by atomic mass is 10.2. The Bertz CT molecular complexity index is 1120. The molecule has 0 atom stereocenters. The minimum absolute atomic E-state index is 0.0748. The second kappa shape index (κ2) is 8.45. The van der Waals surface area contributed by atoms with Crippen LogP contribution in [0.3, 0.4) is 0 Å². The van der Waals surface area contributed by atoms with E-state index in [9.17, 15) is 9.18 Å². The van der Waals surface area contributed by atoms with Crippen LogP contribution < -0.4 is 10.1 Å². The maximum absolute atomic E-state index is 13.1. The number of aromatic nitrogens is 2. The van der Waals surface area contributed by atoms with E-state index in [1.165, 1.54) is 29.0 Å². The number of amides is 1. The molecule has 2 aromatic heterocycles. The molecule has 4 rings (SSSR count). The van der Waals surface area contributed by atoms with Crippen molar-refractivity contribution in [2.24, 2.45) is 0 Å². The number of hydrogen-bond donors (Lipinski definition) is 1. The van der Waals surface area contributed by atoms with E-state index < -0.39 is 0 Å². The summed E-state index contributed by atoms with van der Waals surface area (Å²) in [5.74, 6) is 0.434. The quantitative estimate of drug-likeness (QED) is 0.465. The molecule has 148 valence electrons. The molecule has 0 bridgehead atoms. The number of fused-ring (bicyclic) bond motifs is 1. The van der Waals surface area contributed by atoms with Gasteiger partial charge in [0, 0.05) is 22.8 Å². The molecule has 1 amide bonds. The fraction of sp³-hybridized carbons (Fsp3) is 0.182. The third kappa shape index (κ3) is 4.63. The first-order chi connectivity index (χ1) is 14.1. The van der Waals surface area contributed by atoms with Gasteiger partial charge in [-0.2, -0.15) is 0 Å². The summed E-state index contributed by atoms with van der Waals surface area (Å²) in [4.78, 5) is 17.7. The molecule has 0 aliphatic heterocycles. The van der Waals surface area contributed by atoms with E-state index in [0.717, 1.165) is 27.7 Å². The zero-order valence-corrected chi connectivity index (χ0v) is 16.7. The minimum atomic E-state index is -0.279. The molecule has 4 aromatic rings. The van der Waals surface area contributed by atoms with Gasteiger partial charge in [-0.25, -0.2) is 9.37 Å². The predicted molar refractivity (Wildman–Crippen MR) is 112 cm³/mol. The van der Waals surface area contributed by atoms with Crippen molar-refractivity contribution in [3.05, 3.63) is 77.2 Å². The first-order valence-corrected chi connectivity index (χ1v) is 10.1. The lowest BCUT2D eigenvalue weighted by molar-refractivity contribution is -0.120. The highest BCUT2D eigenvalue weighted by Gasteiger charge is 2.12. The predicted octanol–water partition coefficient (Wildman–Crippen LogP) is 4.25. The number of hydrogen-bond acceptors (Lipinski definition) is 4. The Hall–Kier alpha value is -3.19. The Balaban J connectivity index is 1.33. The molecule has 2 aromatic carbocycles. The van der Waals surface area contributed by atoms with Crippen LogP contribution in [0.1, 0.15) is 11.3 Å². The van der Waals surface area contributed by atoms with Gasteiger partial charge in [-0.05, 0) is 43.3 Å². The van der Waals surface area contributed by atoms with E-state index in [0.29, 0.717) is 13.2 Å². The van der Waals surface area contributed by atoms with Gasteiger partial charge in [0.05, 0.1) is 18.7 Å². The zero-order valence-electron chi connectivity index (χ0n) is 15.9. The number of thiazole rings is 1. The van der Waals surface area contributed by atoms with Crippen molar-refractivity contribution in [2.45, 2.75) is 13.3 Å². The van der Waals surface area contributed by atoms with E-state index in [-0.39, 0.29) is 18.1 Å². The molecule has 2 heterocycles.